The zero-order valence-corrected chi connectivity index (χ0v) is 12.7. The summed E-state index contributed by atoms with van der Waals surface area (Å²) in [5.74, 6) is 0.409. The van der Waals surface area contributed by atoms with Gasteiger partial charge < -0.3 is 10.6 Å². The SMILES string of the molecule is CC1CCNCC1NC(=O)C1CCN(S(N)(=O)=O)CC1. The molecule has 2 heterocycles. The Balaban J connectivity index is 1.83. The minimum absolute atomic E-state index is 0.0413. The van der Waals surface area contributed by atoms with Crippen molar-refractivity contribution in [3.63, 3.8) is 0 Å². The maximum Gasteiger partial charge on any atom is 0.276 e. The van der Waals surface area contributed by atoms with Crippen molar-refractivity contribution >= 4 is 16.1 Å². The van der Waals surface area contributed by atoms with Crippen molar-refractivity contribution in [3.8, 4) is 0 Å². The second-order valence-electron chi connectivity index (χ2n) is 5.80. The largest absolute Gasteiger partial charge is 0.352 e. The van der Waals surface area contributed by atoms with Crippen molar-refractivity contribution in [1.29, 1.82) is 0 Å². The summed E-state index contributed by atoms with van der Waals surface area (Å²) in [6.07, 6.45) is 2.14. The van der Waals surface area contributed by atoms with Gasteiger partial charge >= 0.3 is 0 Å². The van der Waals surface area contributed by atoms with E-state index in [9.17, 15) is 13.2 Å². The average Bonchev–Trinajstić information content (AvgIpc) is 2.40. The Morgan fingerprint density at radius 1 is 1.30 bits per heavy atom. The molecule has 0 aliphatic carbocycles. The monoisotopic (exact) mass is 304 g/mol. The molecule has 7 nitrogen and oxygen atoms in total. The third-order valence-corrected chi connectivity index (χ3v) is 5.42. The summed E-state index contributed by atoms with van der Waals surface area (Å²) in [5, 5.41) is 11.5. The van der Waals surface area contributed by atoms with Crippen LogP contribution in [0, 0.1) is 11.8 Å². The smallest absolute Gasteiger partial charge is 0.276 e. The number of hydrogen-bond donors (Lipinski definition) is 3. The van der Waals surface area contributed by atoms with Crippen LogP contribution in [0.1, 0.15) is 26.2 Å². The minimum Gasteiger partial charge on any atom is -0.352 e. The lowest BCUT2D eigenvalue weighted by molar-refractivity contribution is -0.127. The standard InChI is InChI=1S/C12H24N4O3S/c1-9-2-5-14-8-11(9)15-12(17)10-3-6-16(7-4-10)20(13,18)19/h9-11,14H,2-8H2,1H3,(H,15,17)(H2,13,18,19). The average molecular weight is 304 g/mol. The fraction of sp³-hybridized carbons (Fsp3) is 0.917. The summed E-state index contributed by atoms with van der Waals surface area (Å²) in [5.41, 5.74) is 0. The molecule has 8 heteroatoms. The predicted molar refractivity (Wildman–Crippen MR) is 76.0 cm³/mol. The molecule has 2 unspecified atom stereocenters. The third kappa shape index (κ3) is 3.91. The van der Waals surface area contributed by atoms with E-state index in [1.54, 1.807) is 0 Å². The Kier molecular flexibility index (Phi) is 5.00. The summed E-state index contributed by atoms with van der Waals surface area (Å²) in [6.45, 7) is 4.61. The molecule has 0 spiro atoms. The fourth-order valence-corrected chi connectivity index (χ4v) is 3.58. The molecule has 0 aromatic carbocycles. The molecule has 2 fully saturated rings. The van der Waals surface area contributed by atoms with E-state index in [0.29, 0.717) is 31.8 Å². The molecule has 2 aliphatic rings. The van der Waals surface area contributed by atoms with Crippen LogP contribution in [-0.4, -0.2) is 50.9 Å². The second-order valence-corrected chi connectivity index (χ2v) is 7.35. The first kappa shape index (κ1) is 15.7. The number of nitrogens with zero attached hydrogens (tertiary/aromatic N) is 1. The van der Waals surface area contributed by atoms with Crippen molar-refractivity contribution in [2.75, 3.05) is 26.2 Å². The Bertz CT molecular complexity index is 446. The van der Waals surface area contributed by atoms with Crippen molar-refractivity contribution in [1.82, 2.24) is 14.9 Å². The molecule has 1 amide bonds. The van der Waals surface area contributed by atoms with Gasteiger partial charge in [0.1, 0.15) is 0 Å². The number of carbonyl (C=O) groups is 1. The van der Waals surface area contributed by atoms with E-state index in [1.165, 1.54) is 4.31 Å². The van der Waals surface area contributed by atoms with Crippen LogP contribution in [0.25, 0.3) is 0 Å². The van der Waals surface area contributed by atoms with Gasteiger partial charge in [0.25, 0.3) is 10.2 Å². The van der Waals surface area contributed by atoms with Crippen LogP contribution < -0.4 is 15.8 Å². The van der Waals surface area contributed by atoms with Gasteiger partial charge in [-0.3, -0.25) is 4.79 Å². The molecule has 20 heavy (non-hydrogen) atoms. The van der Waals surface area contributed by atoms with Gasteiger partial charge in [0.05, 0.1) is 0 Å². The number of carbonyl (C=O) groups excluding carboxylic acids is 1. The summed E-state index contributed by atoms with van der Waals surface area (Å²) >= 11 is 0. The quantitative estimate of drug-likeness (QED) is 0.623. The zero-order valence-electron chi connectivity index (χ0n) is 11.8. The van der Waals surface area contributed by atoms with Crippen molar-refractivity contribution in [3.05, 3.63) is 0 Å². The van der Waals surface area contributed by atoms with Crippen LogP contribution in [0.4, 0.5) is 0 Å². The number of hydrogen-bond acceptors (Lipinski definition) is 4. The first-order valence-corrected chi connectivity index (χ1v) is 8.67. The summed E-state index contributed by atoms with van der Waals surface area (Å²) in [4.78, 5) is 12.2. The molecule has 0 aromatic rings. The van der Waals surface area contributed by atoms with Crippen molar-refractivity contribution < 1.29 is 13.2 Å². The highest BCUT2D eigenvalue weighted by Gasteiger charge is 2.31. The topological polar surface area (TPSA) is 105 Å². The Hall–Kier alpha value is -0.700. The molecule has 2 saturated heterocycles. The van der Waals surface area contributed by atoms with Crippen LogP contribution in [-0.2, 0) is 15.0 Å². The van der Waals surface area contributed by atoms with Gasteiger partial charge in [0, 0.05) is 31.6 Å². The molecular weight excluding hydrogens is 280 g/mol. The number of nitrogens with two attached hydrogens (primary N) is 1. The Morgan fingerprint density at radius 3 is 2.50 bits per heavy atom. The van der Waals surface area contributed by atoms with Gasteiger partial charge in [0.15, 0.2) is 0 Å². The normalized spacial score (nSPS) is 30.1. The van der Waals surface area contributed by atoms with Crippen LogP contribution >= 0.6 is 0 Å². The molecule has 116 valence electrons. The number of nitrogens with one attached hydrogen (secondary N) is 2. The van der Waals surface area contributed by atoms with E-state index in [2.05, 4.69) is 17.6 Å². The van der Waals surface area contributed by atoms with Gasteiger partial charge in [-0.25, -0.2) is 5.14 Å². The van der Waals surface area contributed by atoms with E-state index in [1.807, 2.05) is 0 Å². The van der Waals surface area contributed by atoms with Crippen molar-refractivity contribution in [2.45, 2.75) is 32.2 Å². The van der Waals surface area contributed by atoms with Gasteiger partial charge in [-0.2, -0.15) is 12.7 Å². The minimum atomic E-state index is -3.62. The highest BCUT2D eigenvalue weighted by atomic mass is 32.2. The molecule has 0 bridgehead atoms. The number of amides is 1. The first-order valence-electron chi connectivity index (χ1n) is 7.17. The fourth-order valence-electron chi connectivity index (χ4n) is 2.86. The molecule has 4 N–H and O–H groups in total. The van der Waals surface area contributed by atoms with E-state index >= 15 is 0 Å². The molecule has 0 saturated carbocycles. The Labute approximate surface area is 120 Å². The third-order valence-electron chi connectivity index (χ3n) is 4.34. The van der Waals surface area contributed by atoms with E-state index in [-0.39, 0.29) is 17.9 Å². The number of rotatable bonds is 3. The summed E-state index contributed by atoms with van der Waals surface area (Å²) in [7, 11) is -3.62. The molecular formula is C12H24N4O3S. The lowest BCUT2D eigenvalue weighted by Crippen LogP contribution is -2.53. The second kappa shape index (κ2) is 6.38. The summed E-state index contributed by atoms with van der Waals surface area (Å²) in [6, 6.07) is 0.174. The zero-order chi connectivity index (χ0) is 14.8. The molecule has 0 aromatic heterocycles. The van der Waals surface area contributed by atoms with Crippen molar-refractivity contribution in [2.24, 2.45) is 17.0 Å². The van der Waals surface area contributed by atoms with E-state index in [0.717, 1.165) is 19.5 Å². The van der Waals surface area contributed by atoms with Crippen LogP contribution in [0.5, 0.6) is 0 Å². The highest BCUT2D eigenvalue weighted by Crippen LogP contribution is 2.20. The molecule has 2 aliphatic heterocycles. The van der Waals surface area contributed by atoms with Gasteiger partial charge in [-0.05, 0) is 31.7 Å². The molecule has 2 rings (SSSR count). The molecule has 2 atom stereocenters. The summed E-state index contributed by atoms with van der Waals surface area (Å²) < 4.78 is 23.7. The first-order chi connectivity index (χ1) is 9.38. The van der Waals surface area contributed by atoms with Gasteiger partial charge in [0.2, 0.25) is 5.91 Å². The Morgan fingerprint density at radius 2 is 1.95 bits per heavy atom. The predicted octanol–water partition coefficient (Wildman–Crippen LogP) is -0.984. The van der Waals surface area contributed by atoms with Gasteiger partial charge in [-0.1, -0.05) is 6.92 Å². The maximum absolute atomic E-state index is 12.2. The number of piperidine rings is 2. The van der Waals surface area contributed by atoms with Crippen LogP contribution in [0.2, 0.25) is 0 Å². The van der Waals surface area contributed by atoms with Crippen LogP contribution in [0.15, 0.2) is 0 Å². The van der Waals surface area contributed by atoms with Crippen LogP contribution in [0.3, 0.4) is 0 Å². The lowest BCUT2D eigenvalue weighted by atomic mass is 9.92. The molecule has 0 radical (unpaired) electrons. The van der Waals surface area contributed by atoms with E-state index in [4.69, 9.17) is 5.14 Å². The maximum atomic E-state index is 12.2. The highest BCUT2D eigenvalue weighted by molar-refractivity contribution is 7.86. The lowest BCUT2D eigenvalue weighted by Gasteiger charge is -2.33. The van der Waals surface area contributed by atoms with E-state index < -0.39 is 10.2 Å². The van der Waals surface area contributed by atoms with Gasteiger partial charge in [-0.15, -0.1) is 0 Å².